The van der Waals surface area contributed by atoms with Gasteiger partial charge in [-0.25, -0.2) is 4.98 Å². The molecule has 1 saturated heterocycles. The molecule has 1 aromatic carbocycles. The molecule has 1 N–H and O–H groups in total. The van der Waals surface area contributed by atoms with Crippen LogP contribution < -0.4 is 10.2 Å². The summed E-state index contributed by atoms with van der Waals surface area (Å²) in [6.07, 6.45) is 4.44. The molecule has 30 heavy (non-hydrogen) atoms. The summed E-state index contributed by atoms with van der Waals surface area (Å²) in [7, 11) is 0. The van der Waals surface area contributed by atoms with E-state index in [-0.39, 0.29) is 24.2 Å². The van der Waals surface area contributed by atoms with Crippen LogP contribution in [0.15, 0.2) is 23.6 Å². The lowest BCUT2D eigenvalue weighted by Crippen LogP contribution is -2.49. The average molecular weight is 447 g/mol. The number of hydrogen-bond donors (Lipinski definition) is 1. The summed E-state index contributed by atoms with van der Waals surface area (Å²) in [4.78, 5) is 33.6. The van der Waals surface area contributed by atoms with E-state index in [9.17, 15) is 9.59 Å². The molecule has 1 saturated carbocycles. The summed E-state index contributed by atoms with van der Waals surface area (Å²) < 4.78 is 0. The SMILES string of the molecule is Cc1ccc(Cl)cc1N1CCN(C(=O)Cc2csc(NC(=O)C3CCCC3)n2)CC1. The van der Waals surface area contributed by atoms with E-state index in [4.69, 9.17) is 11.6 Å². The number of benzene rings is 1. The Morgan fingerprint density at radius 1 is 1.20 bits per heavy atom. The monoisotopic (exact) mass is 446 g/mol. The topological polar surface area (TPSA) is 65.5 Å². The molecule has 4 rings (SSSR count). The highest BCUT2D eigenvalue weighted by Crippen LogP contribution is 2.27. The Kier molecular flexibility index (Phi) is 6.58. The number of piperazine rings is 1. The molecule has 6 nitrogen and oxygen atoms in total. The van der Waals surface area contributed by atoms with Crippen LogP contribution in [0.1, 0.15) is 36.9 Å². The number of amides is 2. The number of nitrogens with one attached hydrogen (secondary N) is 1. The Morgan fingerprint density at radius 3 is 2.67 bits per heavy atom. The van der Waals surface area contributed by atoms with E-state index in [1.807, 2.05) is 28.5 Å². The standard InChI is InChI=1S/C22H27ClN4O2S/c1-15-6-7-17(23)12-19(15)26-8-10-27(11-9-26)20(28)13-18-14-30-22(24-18)25-21(29)16-4-2-3-5-16/h6-7,12,14,16H,2-5,8-11,13H2,1H3,(H,24,25,29). The molecule has 0 unspecified atom stereocenters. The van der Waals surface area contributed by atoms with Crippen molar-refractivity contribution in [3.63, 3.8) is 0 Å². The summed E-state index contributed by atoms with van der Waals surface area (Å²) in [5, 5.41) is 6.11. The van der Waals surface area contributed by atoms with E-state index >= 15 is 0 Å². The van der Waals surface area contributed by atoms with E-state index in [2.05, 4.69) is 22.1 Å². The fourth-order valence-corrected chi connectivity index (χ4v) is 5.11. The van der Waals surface area contributed by atoms with Gasteiger partial charge in [-0.05, 0) is 37.5 Å². The van der Waals surface area contributed by atoms with Gasteiger partial charge in [-0.2, -0.15) is 0 Å². The molecule has 1 aliphatic heterocycles. The van der Waals surface area contributed by atoms with Crippen LogP contribution in [0.3, 0.4) is 0 Å². The zero-order valence-corrected chi connectivity index (χ0v) is 18.8. The summed E-state index contributed by atoms with van der Waals surface area (Å²) in [5.41, 5.74) is 3.05. The average Bonchev–Trinajstić information content (AvgIpc) is 3.42. The molecular formula is C22H27ClN4O2S. The Hall–Kier alpha value is -2.12. The Morgan fingerprint density at radius 2 is 1.93 bits per heavy atom. The highest BCUT2D eigenvalue weighted by molar-refractivity contribution is 7.13. The van der Waals surface area contributed by atoms with Crippen molar-refractivity contribution < 1.29 is 9.59 Å². The molecule has 2 heterocycles. The largest absolute Gasteiger partial charge is 0.368 e. The van der Waals surface area contributed by atoms with Gasteiger partial charge in [-0.3, -0.25) is 9.59 Å². The number of carbonyl (C=O) groups is 2. The fraction of sp³-hybridized carbons (Fsp3) is 0.500. The smallest absolute Gasteiger partial charge is 0.229 e. The van der Waals surface area contributed by atoms with Crippen LogP contribution in [0.4, 0.5) is 10.8 Å². The zero-order valence-electron chi connectivity index (χ0n) is 17.2. The molecular weight excluding hydrogens is 420 g/mol. The van der Waals surface area contributed by atoms with Gasteiger partial charge in [-0.1, -0.05) is 30.5 Å². The Bertz CT molecular complexity index is 918. The third-order valence-electron chi connectivity index (χ3n) is 5.98. The number of carbonyl (C=O) groups excluding carboxylic acids is 2. The first-order valence-electron chi connectivity index (χ1n) is 10.5. The van der Waals surface area contributed by atoms with Crippen molar-refractivity contribution in [2.24, 2.45) is 5.92 Å². The number of rotatable bonds is 5. The first kappa shape index (κ1) is 21.1. The van der Waals surface area contributed by atoms with Crippen molar-refractivity contribution in [3.8, 4) is 0 Å². The van der Waals surface area contributed by atoms with E-state index in [0.29, 0.717) is 18.2 Å². The number of nitrogens with zero attached hydrogens (tertiary/aromatic N) is 3. The maximum Gasteiger partial charge on any atom is 0.229 e. The van der Waals surface area contributed by atoms with Crippen molar-refractivity contribution in [1.82, 2.24) is 9.88 Å². The van der Waals surface area contributed by atoms with Crippen LogP contribution >= 0.6 is 22.9 Å². The third kappa shape index (κ3) is 4.95. The molecule has 2 aromatic rings. The Labute approximate surface area is 186 Å². The maximum atomic E-state index is 12.7. The summed E-state index contributed by atoms with van der Waals surface area (Å²) in [5.74, 6) is 0.252. The molecule has 1 aliphatic carbocycles. The quantitative estimate of drug-likeness (QED) is 0.750. The molecule has 0 atom stereocenters. The fourth-order valence-electron chi connectivity index (χ4n) is 4.23. The van der Waals surface area contributed by atoms with Gasteiger partial charge in [0.1, 0.15) is 0 Å². The lowest BCUT2D eigenvalue weighted by Gasteiger charge is -2.36. The van der Waals surface area contributed by atoms with Crippen LogP contribution in [0.2, 0.25) is 5.02 Å². The second-order valence-corrected chi connectivity index (χ2v) is 9.38. The first-order valence-corrected chi connectivity index (χ1v) is 11.8. The van der Waals surface area contributed by atoms with Crippen LogP contribution in [-0.4, -0.2) is 47.9 Å². The van der Waals surface area contributed by atoms with Crippen molar-refractivity contribution in [3.05, 3.63) is 39.9 Å². The first-order chi connectivity index (χ1) is 14.5. The molecule has 160 valence electrons. The summed E-state index contributed by atoms with van der Waals surface area (Å²) in [6, 6.07) is 5.92. The molecule has 8 heteroatoms. The molecule has 0 bridgehead atoms. The maximum absolute atomic E-state index is 12.7. The molecule has 0 radical (unpaired) electrons. The number of aryl methyl sites for hydroxylation is 1. The lowest BCUT2D eigenvalue weighted by molar-refractivity contribution is -0.130. The van der Waals surface area contributed by atoms with Crippen molar-refractivity contribution in [2.75, 3.05) is 36.4 Å². The van der Waals surface area contributed by atoms with Gasteiger partial charge in [0.15, 0.2) is 5.13 Å². The minimum Gasteiger partial charge on any atom is -0.368 e. The van der Waals surface area contributed by atoms with E-state index in [1.165, 1.54) is 16.9 Å². The van der Waals surface area contributed by atoms with Gasteiger partial charge in [-0.15, -0.1) is 11.3 Å². The van der Waals surface area contributed by atoms with Gasteiger partial charge in [0.05, 0.1) is 12.1 Å². The normalized spacial score (nSPS) is 17.4. The molecule has 2 aliphatic rings. The number of halogens is 1. The van der Waals surface area contributed by atoms with Gasteiger partial charge in [0, 0.05) is 48.2 Å². The number of anilines is 2. The minimum atomic E-state index is 0.0622. The van der Waals surface area contributed by atoms with Crippen LogP contribution in [0.25, 0.3) is 0 Å². The van der Waals surface area contributed by atoms with Gasteiger partial charge >= 0.3 is 0 Å². The van der Waals surface area contributed by atoms with Crippen molar-refractivity contribution in [1.29, 1.82) is 0 Å². The predicted octanol–water partition coefficient (Wildman–Crippen LogP) is 4.12. The molecule has 2 amide bonds. The van der Waals surface area contributed by atoms with Crippen LogP contribution in [-0.2, 0) is 16.0 Å². The number of hydrogen-bond acceptors (Lipinski definition) is 5. The van der Waals surface area contributed by atoms with E-state index < -0.39 is 0 Å². The lowest BCUT2D eigenvalue weighted by atomic mass is 10.1. The highest BCUT2D eigenvalue weighted by Gasteiger charge is 2.25. The van der Waals surface area contributed by atoms with Crippen molar-refractivity contribution in [2.45, 2.75) is 39.0 Å². The zero-order chi connectivity index (χ0) is 21.1. The van der Waals surface area contributed by atoms with E-state index in [0.717, 1.165) is 55.2 Å². The summed E-state index contributed by atoms with van der Waals surface area (Å²) in [6.45, 7) is 5.01. The van der Waals surface area contributed by atoms with Gasteiger partial charge < -0.3 is 15.1 Å². The predicted molar refractivity (Wildman–Crippen MR) is 121 cm³/mol. The molecule has 2 fully saturated rings. The van der Waals surface area contributed by atoms with Gasteiger partial charge in [0.25, 0.3) is 0 Å². The second kappa shape index (κ2) is 9.35. The molecule has 0 spiro atoms. The molecule has 1 aromatic heterocycles. The number of thiazole rings is 1. The minimum absolute atomic E-state index is 0.0622. The highest BCUT2D eigenvalue weighted by atomic mass is 35.5. The number of aromatic nitrogens is 1. The Balaban J connectivity index is 1.28. The van der Waals surface area contributed by atoms with E-state index in [1.54, 1.807) is 0 Å². The van der Waals surface area contributed by atoms with Crippen LogP contribution in [0, 0.1) is 12.8 Å². The van der Waals surface area contributed by atoms with Gasteiger partial charge in [0.2, 0.25) is 11.8 Å². The third-order valence-corrected chi connectivity index (χ3v) is 7.03. The second-order valence-electron chi connectivity index (χ2n) is 8.09. The van der Waals surface area contributed by atoms with Crippen molar-refractivity contribution >= 4 is 45.6 Å². The van der Waals surface area contributed by atoms with Crippen LogP contribution in [0.5, 0.6) is 0 Å². The summed E-state index contributed by atoms with van der Waals surface area (Å²) >= 11 is 7.54.